The molecular formula is C17H31NO4. The van der Waals surface area contributed by atoms with E-state index in [0.717, 1.165) is 12.8 Å². The Hall–Kier alpha value is -0.910. The Morgan fingerprint density at radius 3 is 2.23 bits per heavy atom. The summed E-state index contributed by atoms with van der Waals surface area (Å²) in [6, 6.07) is 0. The van der Waals surface area contributed by atoms with Crippen molar-refractivity contribution in [2.75, 3.05) is 13.2 Å². The van der Waals surface area contributed by atoms with Crippen molar-refractivity contribution in [3.05, 3.63) is 12.7 Å². The fourth-order valence-electron chi connectivity index (χ4n) is 3.42. The van der Waals surface area contributed by atoms with Gasteiger partial charge in [0, 0.05) is 17.2 Å². The van der Waals surface area contributed by atoms with Crippen LogP contribution in [0.3, 0.4) is 0 Å². The summed E-state index contributed by atoms with van der Waals surface area (Å²) in [5.74, 6) is -0.104. The summed E-state index contributed by atoms with van der Waals surface area (Å²) in [6.07, 6.45) is 2.90. The highest BCUT2D eigenvalue weighted by atomic mass is 16.7. The molecule has 0 saturated carbocycles. The van der Waals surface area contributed by atoms with Crippen LogP contribution in [0.4, 0.5) is 0 Å². The van der Waals surface area contributed by atoms with Gasteiger partial charge in [0.05, 0.1) is 18.8 Å². The summed E-state index contributed by atoms with van der Waals surface area (Å²) >= 11 is 0. The van der Waals surface area contributed by atoms with E-state index in [9.17, 15) is 9.90 Å². The Balaban J connectivity index is 2.75. The first-order valence-electron chi connectivity index (χ1n) is 7.82. The van der Waals surface area contributed by atoms with Crippen LogP contribution in [-0.4, -0.2) is 46.0 Å². The lowest BCUT2D eigenvalue weighted by molar-refractivity contribution is -0.303. The van der Waals surface area contributed by atoms with Crippen molar-refractivity contribution in [2.24, 2.45) is 5.92 Å². The van der Waals surface area contributed by atoms with Crippen LogP contribution in [0.25, 0.3) is 0 Å². The van der Waals surface area contributed by atoms with Gasteiger partial charge in [-0.25, -0.2) is 4.79 Å². The second kappa shape index (κ2) is 6.69. The predicted molar refractivity (Wildman–Crippen MR) is 86.1 cm³/mol. The second-order valence-corrected chi connectivity index (χ2v) is 8.11. The number of hydrogen-bond donors (Lipinski definition) is 1. The Morgan fingerprint density at radius 2 is 1.82 bits per heavy atom. The van der Waals surface area contributed by atoms with Gasteiger partial charge in [0.25, 0.3) is 0 Å². The van der Waals surface area contributed by atoms with Gasteiger partial charge in [-0.2, -0.15) is 5.06 Å². The van der Waals surface area contributed by atoms with E-state index in [1.165, 1.54) is 6.08 Å². The average Bonchev–Trinajstić information content (AvgIpc) is 2.31. The van der Waals surface area contributed by atoms with Crippen molar-refractivity contribution >= 4 is 5.97 Å². The van der Waals surface area contributed by atoms with Crippen LogP contribution in [0.5, 0.6) is 0 Å². The molecule has 0 amide bonds. The van der Waals surface area contributed by atoms with Crippen LogP contribution in [0.1, 0.15) is 54.4 Å². The van der Waals surface area contributed by atoms with Crippen molar-refractivity contribution in [2.45, 2.75) is 71.1 Å². The average molecular weight is 313 g/mol. The molecule has 1 aliphatic heterocycles. The molecule has 0 spiro atoms. The minimum Gasteiger partial charge on any atom is -0.462 e. The van der Waals surface area contributed by atoms with E-state index in [0.29, 0.717) is 6.61 Å². The second-order valence-electron chi connectivity index (χ2n) is 8.11. The molecule has 0 aromatic rings. The topological polar surface area (TPSA) is 59.0 Å². The first-order valence-corrected chi connectivity index (χ1v) is 7.82. The van der Waals surface area contributed by atoms with Crippen molar-refractivity contribution in [1.82, 2.24) is 5.06 Å². The van der Waals surface area contributed by atoms with Gasteiger partial charge >= 0.3 is 5.97 Å². The lowest BCUT2D eigenvalue weighted by Crippen LogP contribution is -2.61. The molecular weight excluding hydrogens is 282 g/mol. The number of hydrogen-bond acceptors (Lipinski definition) is 5. The van der Waals surface area contributed by atoms with Crippen molar-refractivity contribution in [3.8, 4) is 0 Å². The highest BCUT2D eigenvalue weighted by Gasteiger charge is 2.47. The maximum absolute atomic E-state index is 11.3. The van der Waals surface area contributed by atoms with Crippen LogP contribution >= 0.6 is 0 Å². The van der Waals surface area contributed by atoms with E-state index in [1.807, 2.05) is 5.06 Å². The predicted octanol–water partition coefficient (Wildman–Crippen LogP) is 2.69. The summed E-state index contributed by atoms with van der Waals surface area (Å²) in [6.45, 7) is 16.0. The quantitative estimate of drug-likeness (QED) is 0.603. The summed E-state index contributed by atoms with van der Waals surface area (Å²) in [5, 5.41) is 11.9. The van der Waals surface area contributed by atoms with Crippen LogP contribution in [0.2, 0.25) is 0 Å². The normalized spacial score (nSPS) is 22.3. The van der Waals surface area contributed by atoms with E-state index in [-0.39, 0.29) is 29.6 Å². The van der Waals surface area contributed by atoms with Crippen LogP contribution in [0, 0.1) is 5.92 Å². The van der Waals surface area contributed by atoms with Crippen molar-refractivity contribution in [3.63, 3.8) is 0 Å². The molecule has 5 heteroatoms. The molecule has 22 heavy (non-hydrogen) atoms. The van der Waals surface area contributed by atoms with E-state index < -0.39 is 5.60 Å². The number of piperidine rings is 1. The molecule has 1 heterocycles. The Morgan fingerprint density at radius 1 is 1.32 bits per heavy atom. The number of nitrogens with zero attached hydrogens (tertiary/aromatic N) is 1. The van der Waals surface area contributed by atoms with Crippen LogP contribution in [0.15, 0.2) is 12.7 Å². The number of esters is 1. The highest BCUT2D eigenvalue weighted by molar-refractivity contribution is 5.81. The monoisotopic (exact) mass is 313 g/mol. The van der Waals surface area contributed by atoms with Crippen molar-refractivity contribution in [1.29, 1.82) is 0 Å². The largest absolute Gasteiger partial charge is 0.462 e. The summed E-state index contributed by atoms with van der Waals surface area (Å²) in [4.78, 5) is 17.2. The van der Waals surface area contributed by atoms with Gasteiger partial charge < -0.3 is 9.84 Å². The number of carbonyl (C=O) groups is 1. The molecule has 0 aromatic heterocycles. The molecule has 1 N–H and O–H groups in total. The summed E-state index contributed by atoms with van der Waals surface area (Å²) in [5.41, 5.74) is -1.29. The molecule has 5 nitrogen and oxygen atoms in total. The van der Waals surface area contributed by atoms with Gasteiger partial charge in [-0.15, -0.1) is 0 Å². The molecule has 0 radical (unpaired) electrons. The van der Waals surface area contributed by atoms with Gasteiger partial charge in [-0.1, -0.05) is 6.58 Å². The zero-order valence-electron chi connectivity index (χ0n) is 14.8. The molecule has 0 bridgehead atoms. The van der Waals surface area contributed by atoms with Crippen LogP contribution in [-0.2, 0) is 14.4 Å². The fourth-order valence-corrected chi connectivity index (χ4v) is 3.42. The minimum atomic E-state index is -0.873. The Bertz CT molecular complexity index is 391. The molecule has 1 saturated heterocycles. The third kappa shape index (κ3) is 5.38. The van der Waals surface area contributed by atoms with Gasteiger partial charge in [-0.3, -0.25) is 4.84 Å². The summed E-state index contributed by atoms with van der Waals surface area (Å²) in [7, 11) is 0. The molecule has 1 aliphatic rings. The molecule has 1 fully saturated rings. The van der Waals surface area contributed by atoms with Gasteiger partial charge in [0.15, 0.2) is 0 Å². The maximum Gasteiger partial charge on any atom is 0.330 e. The molecule has 1 rings (SSSR count). The maximum atomic E-state index is 11.3. The lowest BCUT2D eigenvalue weighted by atomic mass is 9.75. The van der Waals surface area contributed by atoms with Gasteiger partial charge in [0.1, 0.15) is 0 Å². The molecule has 128 valence electrons. The standard InChI is InChI=1S/C17H31NO4/c1-8-14(19)21-11-13-9-15(2,3)18(16(4,5)10-13)22-12-17(6,7)20/h8,13,20H,1,9-12H2,2-7H3. The van der Waals surface area contributed by atoms with E-state index in [4.69, 9.17) is 9.57 Å². The SMILES string of the molecule is C=CC(=O)OCC1CC(C)(C)N(OCC(C)(C)O)C(C)(C)C1. The first kappa shape index (κ1) is 19.1. The third-order valence-corrected chi connectivity index (χ3v) is 3.85. The zero-order valence-corrected chi connectivity index (χ0v) is 14.8. The number of aliphatic hydroxyl groups is 1. The Kier molecular flexibility index (Phi) is 5.82. The number of carbonyl (C=O) groups excluding carboxylic acids is 1. The minimum absolute atomic E-state index is 0.210. The van der Waals surface area contributed by atoms with E-state index in [2.05, 4.69) is 34.3 Å². The smallest absolute Gasteiger partial charge is 0.330 e. The highest BCUT2D eigenvalue weighted by Crippen LogP contribution is 2.41. The van der Waals surface area contributed by atoms with Crippen LogP contribution < -0.4 is 0 Å². The number of hydroxylamine groups is 2. The van der Waals surface area contributed by atoms with Crippen molar-refractivity contribution < 1.29 is 19.5 Å². The van der Waals surface area contributed by atoms with Gasteiger partial charge in [-0.05, 0) is 60.3 Å². The zero-order chi connectivity index (χ0) is 17.2. The first-order chi connectivity index (χ1) is 9.87. The number of ether oxygens (including phenoxy) is 1. The Labute approximate surface area is 134 Å². The molecule has 0 unspecified atom stereocenters. The fraction of sp³-hybridized carbons (Fsp3) is 0.824. The van der Waals surface area contributed by atoms with E-state index >= 15 is 0 Å². The molecule has 0 aromatic carbocycles. The lowest BCUT2D eigenvalue weighted by Gasteiger charge is -2.54. The molecule has 0 aliphatic carbocycles. The van der Waals surface area contributed by atoms with E-state index in [1.54, 1.807) is 13.8 Å². The third-order valence-electron chi connectivity index (χ3n) is 3.85. The number of rotatable bonds is 6. The molecule has 0 atom stereocenters. The summed E-state index contributed by atoms with van der Waals surface area (Å²) < 4.78 is 5.21. The van der Waals surface area contributed by atoms with Gasteiger partial charge in [0.2, 0.25) is 0 Å².